The number of hydrogen-bond donors (Lipinski definition) is 1. The van der Waals surface area contributed by atoms with E-state index in [-0.39, 0.29) is 0 Å². The molecule has 0 bridgehead atoms. The van der Waals surface area contributed by atoms with Crippen molar-refractivity contribution in [3.8, 4) is 0 Å². The van der Waals surface area contributed by atoms with E-state index in [1.54, 1.807) is 0 Å². The van der Waals surface area contributed by atoms with Gasteiger partial charge >= 0.3 is 0 Å². The van der Waals surface area contributed by atoms with Crippen LogP contribution in [0.5, 0.6) is 0 Å². The molecule has 2 aliphatic heterocycles. The van der Waals surface area contributed by atoms with Gasteiger partial charge in [-0.3, -0.25) is 0 Å². The van der Waals surface area contributed by atoms with Crippen molar-refractivity contribution in [1.29, 1.82) is 0 Å². The minimum atomic E-state index is 0.383. The fraction of sp³-hybridized carbons (Fsp3) is 0.571. The zero-order valence-electron chi connectivity index (χ0n) is 10.4. The number of likely N-dealkylation sites (N-methyl/N-ethyl adjacent to an activating group) is 1. The van der Waals surface area contributed by atoms with Crippen molar-refractivity contribution in [1.82, 2.24) is 10.2 Å². The molecule has 3 nitrogen and oxygen atoms in total. The summed E-state index contributed by atoms with van der Waals surface area (Å²) in [6, 6.07) is 7.30. The van der Waals surface area contributed by atoms with E-state index in [0.717, 1.165) is 26.3 Å². The van der Waals surface area contributed by atoms with Crippen molar-refractivity contribution >= 4 is 0 Å². The second kappa shape index (κ2) is 4.77. The van der Waals surface area contributed by atoms with Gasteiger partial charge in [0.2, 0.25) is 0 Å². The van der Waals surface area contributed by atoms with E-state index < -0.39 is 0 Å². The largest absolute Gasteiger partial charge is 0.378 e. The molecule has 1 N–H and O–H groups in total. The van der Waals surface area contributed by atoms with E-state index in [1.165, 1.54) is 29.7 Å². The molecule has 1 unspecified atom stereocenters. The van der Waals surface area contributed by atoms with Gasteiger partial charge in [-0.1, -0.05) is 18.2 Å². The van der Waals surface area contributed by atoms with Gasteiger partial charge in [0.05, 0.1) is 19.3 Å². The molecule has 1 aromatic rings. The zero-order valence-corrected chi connectivity index (χ0v) is 10.4. The van der Waals surface area contributed by atoms with Gasteiger partial charge in [0.25, 0.3) is 0 Å². The Morgan fingerprint density at radius 2 is 2.29 bits per heavy atom. The maximum Gasteiger partial charge on any atom is 0.0662 e. The van der Waals surface area contributed by atoms with E-state index in [9.17, 15) is 0 Å². The van der Waals surface area contributed by atoms with Crippen LogP contribution in [0.1, 0.15) is 22.7 Å². The molecular formula is C14H20N2O. The van der Waals surface area contributed by atoms with Crippen molar-refractivity contribution in [3.63, 3.8) is 0 Å². The number of morpholine rings is 1. The molecular weight excluding hydrogens is 212 g/mol. The predicted molar refractivity (Wildman–Crippen MR) is 68.0 cm³/mol. The first-order valence-electron chi connectivity index (χ1n) is 6.44. The van der Waals surface area contributed by atoms with Crippen LogP contribution in [0, 0.1) is 0 Å². The number of nitrogens with one attached hydrogen (secondary N) is 1. The lowest BCUT2D eigenvalue weighted by atomic mass is 9.95. The summed E-state index contributed by atoms with van der Waals surface area (Å²) in [7, 11) is 2.19. The number of rotatable bonds is 1. The van der Waals surface area contributed by atoms with Crippen molar-refractivity contribution in [3.05, 3.63) is 34.9 Å². The second-order valence-corrected chi connectivity index (χ2v) is 5.10. The summed E-state index contributed by atoms with van der Waals surface area (Å²) in [6.07, 6.45) is 1.17. The number of nitrogens with zero attached hydrogens (tertiary/aromatic N) is 1. The molecule has 1 saturated heterocycles. The Morgan fingerprint density at radius 1 is 1.35 bits per heavy atom. The average molecular weight is 232 g/mol. The summed E-state index contributed by atoms with van der Waals surface area (Å²) in [5, 5.41) is 3.52. The molecule has 0 saturated carbocycles. The van der Waals surface area contributed by atoms with Crippen LogP contribution in [0.3, 0.4) is 0 Å². The van der Waals surface area contributed by atoms with Crippen LogP contribution in [0.4, 0.5) is 0 Å². The molecule has 1 atom stereocenters. The Kier molecular flexibility index (Phi) is 3.14. The van der Waals surface area contributed by atoms with Crippen LogP contribution in [0.2, 0.25) is 0 Å². The summed E-state index contributed by atoms with van der Waals surface area (Å²) in [5.74, 6) is 0. The zero-order chi connectivity index (χ0) is 11.7. The third kappa shape index (κ3) is 2.37. The molecule has 2 aliphatic rings. The Labute approximate surface area is 103 Å². The first kappa shape index (κ1) is 11.2. The van der Waals surface area contributed by atoms with E-state index in [4.69, 9.17) is 4.74 Å². The SMILES string of the molecule is CN1CCc2cc(C3COCCN3)ccc2C1. The van der Waals surface area contributed by atoms with Crippen LogP contribution in [0.25, 0.3) is 0 Å². The fourth-order valence-corrected chi connectivity index (χ4v) is 2.71. The third-order valence-corrected chi connectivity index (χ3v) is 3.76. The third-order valence-electron chi connectivity index (χ3n) is 3.76. The van der Waals surface area contributed by atoms with Crippen LogP contribution < -0.4 is 5.32 Å². The van der Waals surface area contributed by atoms with Gasteiger partial charge in [-0.05, 0) is 30.2 Å². The summed E-state index contributed by atoms with van der Waals surface area (Å²) < 4.78 is 5.53. The highest BCUT2D eigenvalue weighted by molar-refractivity contribution is 5.35. The smallest absolute Gasteiger partial charge is 0.0662 e. The monoisotopic (exact) mass is 232 g/mol. The second-order valence-electron chi connectivity index (χ2n) is 5.10. The Hall–Kier alpha value is -0.900. The molecule has 3 heteroatoms. The minimum absolute atomic E-state index is 0.383. The van der Waals surface area contributed by atoms with Gasteiger partial charge in [0.15, 0.2) is 0 Å². The lowest BCUT2D eigenvalue weighted by Crippen LogP contribution is -2.35. The molecule has 2 heterocycles. The predicted octanol–water partition coefficient (Wildman–Crippen LogP) is 1.34. The molecule has 1 fully saturated rings. The molecule has 0 aromatic heterocycles. The number of hydrogen-bond acceptors (Lipinski definition) is 3. The number of fused-ring (bicyclic) bond motifs is 1. The highest BCUT2D eigenvalue weighted by Gasteiger charge is 2.18. The summed E-state index contributed by atoms with van der Waals surface area (Å²) in [5.41, 5.74) is 4.39. The normalized spacial score (nSPS) is 25.6. The van der Waals surface area contributed by atoms with Crippen molar-refractivity contribution in [2.45, 2.75) is 19.0 Å². The molecule has 0 radical (unpaired) electrons. The summed E-state index contributed by atoms with van der Waals surface area (Å²) >= 11 is 0. The Morgan fingerprint density at radius 3 is 3.12 bits per heavy atom. The molecule has 0 amide bonds. The van der Waals surface area contributed by atoms with E-state index in [1.807, 2.05) is 0 Å². The first-order chi connectivity index (χ1) is 8.33. The lowest BCUT2D eigenvalue weighted by Gasteiger charge is -2.28. The van der Waals surface area contributed by atoms with Gasteiger partial charge in [0.1, 0.15) is 0 Å². The summed E-state index contributed by atoms with van der Waals surface area (Å²) in [6.45, 7) is 4.87. The Balaban J connectivity index is 1.82. The quantitative estimate of drug-likeness (QED) is 0.790. The van der Waals surface area contributed by atoms with Gasteiger partial charge < -0.3 is 15.0 Å². The van der Waals surface area contributed by atoms with Gasteiger partial charge in [-0.2, -0.15) is 0 Å². The van der Waals surface area contributed by atoms with Crippen molar-refractivity contribution in [2.24, 2.45) is 0 Å². The van der Waals surface area contributed by atoms with Crippen molar-refractivity contribution < 1.29 is 4.74 Å². The van der Waals surface area contributed by atoms with E-state index >= 15 is 0 Å². The molecule has 92 valence electrons. The molecule has 0 spiro atoms. The van der Waals surface area contributed by atoms with Gasteiger partial charge in [-0.15, -0.1) is 0 Å². The van der Waals surface area contributed by atoms with E-state index in [0.29, 0.717) is 6.04 Å². The maximum atomic E-state index is 5.53. The summed E-state index contributed by atoms with van der Waals surface area (Å²) in [4.78, 5) is 2.38. The van der Waals surface area contributed by atoms with E-state index in [2.05, 4.69) is 35.5 Å². The fourth-order valence-electron chi connectivity index (χ4n) is 2.71. The average Bonchev–Trinajstić information content (AvgIpc) is 2.39. The van der Waals surface area contributed by atoms with Crippen LogP contribution >= 0.6 is 0 Å². The lowest BCUT2D eigenvalue weighted by molar-refractivity contribution is 0.0768. The van der Waals surface area contributed by atoms with Crippen LogP contribution in [-0.4, -0.2) is 38.3 Å². The highest BCUT2D eigenvalue weighted by Crippen LogP contribution is 2.23. The van der Waals surface area contributed by atoms with Gasteiger partial charge in [0, 0.05) is 19.6 Å². The topological polar surface area (TPSA) is 24.5 Å². The van der Waals surface area contributed by atoms with Crippen LogP contribution in [0.15, 0.2) is 18.2 Å². The Bertz CT molecular complexity index is 399. The van der Waals surface area contributed by atoms with Crippen molar-refractivity contribution in [2.75, 3.05) is 33.4 Å². The minimum Gasteiger partial charge on any atom is -0.378 e. The van der Waals surface area contributed by atoms with Crippen LogP contribution in [-0.2, 0) is 17.7 Å². The maximum absolute atomic E-state index is 5.53. The number of ether oxygens (including phenoxy) is 1. The molecule has 1 aromatic carbocycles. The first-order valence-corrected chi connectivity index (χ1v) is 6.44. The highest BCUT2D eigenvalue weighted by atomic mass is 16.5. The molecule has 17 heavy (non-hydrogen) atoms. The number of benzene rings is 1. The molecule has 3 rings (SSSR count). The standard InChI is InChI=1S/C14H20N2O/c1-16-6-4-11-8-12(2-3-13(11)9-16)14-10-17-7-5-15-14/h2-3,8,14-15H,4-7,9-10H2,1H3. The van der Waals surface area contributed by atoms with Gasteiger partial charge in [-0.25, -0.2) is 0 Å². The molecule has 0 aliphatic carbocycles.